The monoisotopic (exact) mass is 287 g/mol. The summed E-state index contributed by atoms with van der Waals surface area (Å²) in [5.74, 6) is -1.02. The van der Waals surface area contributed by atoms with Crippen molar-refractivity contribution in [2.75, 3.05) is 12.4 Å². The Morgan fingerprint density at radius 1 is 1.33 bits per heavy atom. The maximum absolute atomic E-state index is 12.2. The normalized spacial score (nSPS) is 11.9. The van der Waals surface area contributed by atoms with Crippen LogP contribution in [0.25, 0.3) is 10.9 Å². The number of fused-ring (bicyclic) bond motifs is 1. The third-order valence-corrected chi connectivity index (χ3v) is 3.33. The van der Waals surface area contributed by atoms with Gasteiger partial charge in [-0.25, -0.2) is 9.59 Å². The molecule has 0 bridgehead atoms. The number of carbonyl (C=O) groups excluding carboxylic acids is 1. The van der Waals surface area contributed by atoms with Crippen LogP contribution in [-0.2, 0) is 4.79 Å². The van der Waals surface area contributed by atoms with Crippen molar-refractivity contribution in [3.63, 3.8) is 0 Å². The second-order valence-corrected chi connectivity index (χ2v) is 4.68. The molecular formula is C15H17N3O3. The minimum Gasteiger partial charge on any atom is -0.480 e. The van der Waals surface area contributed by atoms with E-state index in [1.165, 1.54) is 11.9 Å². The first-order chi connectivity index (χ1) is 10.0. The summed E-state index contributed by atoms with van der Waals surface area (Å²) in [6, 6.07) is 7.84. The van der Waals surface area contributed by atoms with Crippen LogP contribution < -0.4 is 5.32 Å². The zero-order valence-electron chi connectivity index (χ0n) is 11.9. The van der Waals surface area contributed by atoms with Crippen LogP contribution in [0.5, 0.6) is 0 Å². The third-order valence-electron chi connectivity index (χ3n) is 3.33. The van der Waals surface area contributed by atoms with Crippen molar-refractivity contribution in [2.24, 2.45) is 0 Å². The van der Waals surface area contributed by atoms with E-state index in [0.29, 0.717) is 17.6 Å². The highest BCUT2D eigenvalue weighted by Gasteiger charge is 2.24. The molecule has 1 atom stereocenters. The van der Waals surface area contributed by atoms with E-state index in [1.54, 1.807) is 19.2 Å². The van der Waals surface area contributed by atoms with Crippen LogP contribution in [0.15, 0.2) is 36.5 Å². The number of aliphatic carboxylic acids is 1. The van der Waals surface area contributed by atoms with Gasteiger partial charge in [-0.2, -0.15) is 0 Å². The van der Waals surface area contributed by atoms with Crippen LogP contribution in [0.1, 0.15) is 13.3 Å². The Bertz CT molecular complexity index is 667. The number of nitrogens with one attached hydrogen (secondary N) is 1. The van der Waals surface area contributed by atoms with E-state index in [0.717, 1.165) is 5.39 Å². The number of nitrogens with zero attached hydrogens (tertiary/aromatic N) is 2. The molecule has 2 aromatic rings. The lowest BCUT2D eigenvalue weighted by molar-refractivity contribution is -0.141. The molecule has 1 unspecified atom stereocenters. The van der Waals surface area contributed by atoms with Gasteiger partial charge < -0.3 is 15.3 Å². The minimum atomic E-state index is -1.02. The van der Waals surface area contributed by atoms with E-state index < -0.39 is 18.0 Å². The van der Waals surface area contributed by atoms with E-state index in [2.05, 4.69) is 10.3 Å². The average Bonchev–Trinajstić information content (AvgIpc) is 2.47. The van der Waals surface area contributed by atoms with E-state index in [9.17, 15) is 9.59 Å². The molecule has 1 aromatic heterocycles. The number of carbonyl (C=O) groups is 2. The molecule has 0 aliphatic rings. The highest BCUT2D eigenvalue weighted by molar-refractivity contribution is 6.00. The quantitative estimate of drug-likeness (QED) is 0.905. The second-order valence-electron chi connectivity index (χ2n) is 4.68. The van der Waals surface area contributed by atoms with Gasteiger partial charge in [-0.3, -0.25) is 4.98 Å². The van der Waals surface area contributed by atoms with Crippen LogP contribution in [0, 0.1) is 0 Å². The van der Waals surface area contributed by atoms with Crippen molar-refractivity contribution in [1.82, 2.24) is 9.88 Å². The molecule has 2 rings (SSSR count). The van der Waals surface area contributed by atoms with Crippen LogP contribution >= 0.6 is 0 Å². The van der Waals surface area contributed by atoms with Crippen molar-refractivity contribution in [2.45, 2.75) is 19.4 Å². The zero-order valence-corrected chi connectivity index (χ0v) is 11.9. The van der Waals surface area contributed by atoms with Gasteiger partial charge in [-0.05, 0) is 18.6 Å². The topological polar surface area (TPSA) is 82.5 Å². The predicted octanol–water partition coefficient (Wildman–Crippen LogP) is 2.56. The fourth-order valence-corrected chi connectivity index (χ4v) is 2.16. The summed E-state index contributed by atoms with van der Waals surface area (Å²) < 4.78 is 0. The number of aromatic nitrogens is 1. The molecule has 2 N–H and O–H groups in total. The lowest BCUT2D eigenvalue weighted by Gasteiger charge is -2.24. The number of para-hydroxylation sites is 1. The first-order valence-electron chi connectivity index (χ1n) is 6.65. The first-order valence-corrected chi connectivity index (χ1v) is 6.65. The van der Waals surface area contributed by atoms with Crippen molar-refractivity contribution in [1.29, 1.82) is 0 Å². The fourth-order valence-electron chi connectivity index (χ4n) is 2.16. The number of carboxylic acids is 1. The second kappa shape index (κ2) is 6.21. The van der Waals surface area contributed by atoms with Gasteiger partial charge in [0.25, 0.3) is 0 Å². The number of rotatable bonds is 4. The summed E-state index contributed by atoms with van der Waals surface area (Å²) in [4.78, 5) is 28.7. The molecule has 1 heterocycles. The molecule has 0 fully saturated rings. The maximum atomic E-state index is 12.2. The van der Waals surface area contributed by atoms with Crippen LogP contribution in [0.2, 0.25) is 0 Å². The van der Waals surface area contributed by atoms with Gasteiger partial charge in [-0.1, -0.05) is 25.1 Å². The summed E-state index contributed by atoms with van der Waals surface area (Å²) in [7, 11) is 1.47. The standard InChI is InChI=1S/C15H17N3O3/c1-3-12(14(19)20)18(2)15(21)17-11-8-4-6-10-7-5-9-16-13(10)11/h4-9,12H,3H2,1-2H3,(H,17,21)(H,19,20). The molecule has 0 aliphatic heterocycles. The molecular weight excluding hydrogens is 270 g/mol. The number of amides is 2. The highest BCUT2D eigenvalue weighted by atomic mass is 16.4. The van der Waals surface area contributed by atoms with Crippen molar-refractivity contribution < 1.29 is 14.7 Å². The molecule has 6 nitrogen and oxygen atoms in total. The highest BCUT2D eigenvalue weighted by Crippen LogP contribution is 2.21. The van der Waals surface area contributed by atoms with Gasteiger partial charge in [0, 0.05) is 18.6 Å². The van der Waals surface area contributed by atoms with Gasteiger partial charge in [0.1, 0.15) is 6.04 Å². The van der Waals surface area contributed by atoms with E-state index in [-0.39, 0.29) is 0 Å². The molecule has 2 amide bonds. The smallest absolute Gasteiger partial charge is 0.326 e. The van der Waals surface area contributed by atoms with Crippen molar-refractivity contribution >= 4 is 28.6 Å². The molecule has 0 saturated carbocycles. The predicted molar refractivity (Wildman–Crippen MR) is 80.2 cm³/mol. The van der Waals surface area contributed by atoms with E-state index in [4.69, 9.17) is 5.11 Å². The SMILES string of the molecule is CCC(C(=O)O)N(C)C(=O)Nc1cccc2cccnc12. The number of urea groups is 1. The largest absolute Gasteiger partial charge is 0.480 e. The Morgan fingerprint density at radius 2 is 2.05 bits per heavy atom. The van der Waals surface area contributed by atoms with Crippen LogP contribution in [-0.4, -0.2) is 40.1 Å². The molecule has 21 heavy (non-hydrogen) atoms. The van der Waals surface area contributed by atoms with E-state index >= 15 is 0 Å². The minimum absolute atomic E-state index is 0.340. The number of benzene rings is 1. The zero-order chi connectivity index (χ0) is 15.4. The van der Waals surface area contributed by atoms with Gasteiger partial charge >= 0.3 is 12.0 Å². The van der Waals surface area contributed by atoms with Gasteiger partial charge in [0.05, 0.1) is 11.2 Å². The van der Waals surface area contributed by atoms with Crippen molar-refractivity contribution in [3.8, 4) is 0 Å². The fraction of sp³-hybridized carbons (Fsp3) is 0.267. The number of hydrogen-bond donors (Lipinski definition) is 2. The Hall–Kier alpha value is -2.63. The van der Waals surface area contributed by atoms with Gasteiger partial charge in [0.15, 0.2) is 0 Å². The van der Waals surface area contributed by atoms with Gasteiger partial charge in [-0.15, -0.1) is 0 Å². The summed E-state index contributed by atoms with van der Waals surface area (Å²) in [5.41, 5.74) is 1.23. The molecule has 1 aromatic carbocycles. The maximum Gasteiger partial charge on any atom is 0.326 e. The number of carboxylic acid groups (broad SMARTS) is 1. The van der Waals surface area contributed by atoms with Crippen LogP contribution in [0.4, 0.5) is 10.5 Å². The number of anilines is 1. The first kappa shape index (κ1) is 14.8. The third kappa shape index (κ3) is 3.10. The summed E-state index contributed by atoms with van der Waals surface area (Å²) >= 11 is 0. The number of pyridine rings is 1. The van der Waals surface area contributed by atoms with Crippen LogP contribution in [0.3, 0.4) is 0 Å². The molecule has 0 aliphatic carbocycles. The Balaban J connectivity index is 2.24. The Kier molecular flexibility index (Phi) is 4.37. The number of likely N-dealkylation sites (N-methyl/N-ethyl adjacent to an activating group) is 1. The molecule has 0 saturated heterocycles. The lowest BCUT2D eigenvalue weighted by atomic mass is 10.2. The summed E-state index contributed by atoms with van der Waals surface area (Å²) in [6.45, 7) is 1.72. The van der Waals surface area contributed by atoms with Gasteiger partial charge in [0.2, 0.25) is 0 Å². The number of hydrogen-bond acceptors (Lipinski definition) is 3. The van der Waals surface area contributed by atoms with E-state index in [1.807, 2.05) is 24.3 Å². The summed E-state index contributed by atoms with van der Waals surface area (Å²) in [6.07, 6.45) is 1.99. The molecule has 110 valence electrons. The molecule has 0 spiro atoms. The van der Waals surface area contributed by atoms with Crippen molar-refractivity contribution in [3.05, 3.63) is 36.5 Å². The summed E-state index contributed by atoms with van der Waals surface area (Å²) in [5, 5.41) is 12.7. The average molecular weight is 287 g/mol. The lowest BCUT2D eigenvalue weighted by Crippen LogP contribution is -2.44. The molecule has 0 radical (unpaired) electrons. The Morgan fingerprint density at radius 3 is 2.71 bits per heavy atom. The Labute approximate surface area is 122 Å². The molecule has 6 heteroatoms.